The van der Waals surface area contributed by atoms with Crippen LogP contribution in [0.2, 0.25) is 0 Å². The number of benzene rings is 1. The summed E-state index contributed by atoms with van der Waals surface area (Å²) in [7, 11) is 0. The van der Waals surface area contributed by atoms with E-state index in [0.717, 1.165) is 12.0 Å². The fourth-order valence-electron chi connectivity index (χ4n) is 3.11. The molecular formula is C17H21NOS. The third kappa shape index (κ3) is 2.60. The van der Waals surface area contributed by atoms with Gasteiger partial charge in [-0.2, -0.15) is 0 Å². The molecule has 2 N–H and O–H groups in total. The predicted octanol–water partition coefficient (Wildman–Crippen LogP) is 4.57. The second-order valence-electron chi connectivity index (χ2n) is 5.43. The lowest BCUT2D eigenvalue weighted by molar-refractivity contribution is 0.381. The van der Waals surface area contributed by atoms with Crippen LogP contribution in [0.15, 0.2) is 35.7 Å². The highest BCUT2D eigenvalue weighted by Gasteiger charge is 2.24. The molecule has 3 rings (SSSR count). The highest BCUT2D eigenvalue weighted by molar-refractivity contribution is 7.10. The van der Waals surface area contributed by atoms with Crippen molar-refractivity contribution in [1.82, 2.24) is 5.32 Å². The van der Waals surface area contributed by atoms with Crippen LogP contribution in [-0.2, 0) is 6.42 Å². The Morgan fingerprint density at radius 1 is 1.35 bits per heavy atom. The Balaban J connectivity index is 1.82. The first-order valence-corrected chi connectivity index (χ1v) is 8.27. The van der Waals surface area contributed by atoms with E-state index in [1.165, 1.54) is 29.7 Å². The molecule has 1 aromatic carbocycles. The molecular weight excluding hydrogens is 266 g/mol. The van der Waals surface area contributed by atoms with Gasteiger partial charge in [0.25, 0.3) is 0 Å². The molecule has 0 spiro atoms. The lowest BCUT2D eigenvalue weighted by Crippen LogP contribution is -2.28. The molecule has 0 radical (unpaired) electrons. The van der Waals surface area contributed by atoms with Crippen LogP contribution in [-0.4, -0.2) is 5.11 Å². The molecule has 0 amide bonds. The number of aromatic hydroxyl groups is 1. The van der Waals surface area contributed by atoms with Crippen LogP contribution in [0.1, 0.15) is 54.3 Å². The number of phenolic OH excluding ortho intramolecular Hbond substituents is 1. The van der Waals surface area contributed by atoms with Crippen molar-refractivity contribution in [3.05, 3.63) is 51.7 Å². The van der Waals surface area contributed by atoms with Gasteiger partial charge in [0.15, 0.2) is 0 Å². The third-order valence-corrected chi connectivity index (χ3v) is 5.17. The van der Waals surface area contributed by atoms with Gasteiger partial charge >= 0.3 is 0 Å². The fraction of sp³-hybridized carbons (Fsp3) is 0.412. The van der Waals surface area contributed by atoms with Crippen molar-refractivity contribution in [2.45, 2.75) is 44.7 Å². The van der Waals surface area contributed by atoms with Gasteiger partial charge in [-0.05, 0) is 48.8 Å². The highest BCUT2D eigenvalue weighted by Crippen LogP contribution is 2.36. The summed E-state index contributed by atoms with van der Waals surface area (Å²) in [5.74, 6) is 0.396. The van der Waals surface area contributed by atoms with E-state index in [2.05, 4.69) is 23.7 Å². The normalized spacial score (nSPS) is 19.6. The summed E-state index contributed by atoms with van der Waals surface area (Å²) >= 11 is 1.87. The van der Waals surface area contributed by atoms with E-state index in [4.69, 9.17) is 0 Å². The van der Waals surface area contributed by atoms with Gasteiger partial charge in [-0.1, -0.05) is 25.1 Å². The first-order chi connectivity index (χ1) is 9.79. The van der Waals surface area contributed by atoms with Crippen molar-refractivity contribution < 1.29 is 5.11 Å². The molecule has 2 unspecified atom stereocenters. The zero-order chi connectivity index (χ0) is 13.9. The SMILES string of the molecule is CCC(NC1CCCc2sccc21)c1ccccc1O. The summed E-state index contributed by atoms with van der Waals surface area (Å²) in [5.41, 5.74) is 2.48. The molecule has 0 saturated heterocycles. The summed E-state index contributed by atoms with van der Waals surface area (Å²) in [6.45, 7) is 2.17. The maximum absolute atomic E-state index is 10.1. The molecule has 0 aliphatic heterocycles. The first-order valence-electron chi connectivity index (χ1n) is 7.39. The minimum atomic E-state index is 0.215. The molecule has 0 saturated carbocycles. The lowest BCUT2D eigenvalue weighted by Gasteiger charge is -2.29. The largest absolute Gasteiger partial charge is 0.508 e. The summed E-state index contributed by atoms with van der Waals surface area (Å²) in [6, 6.07) is 10.6. The Hall–Kier alpha value is -1.32. The highest BCUT2D eigenvalue weighted by atomic mass is 32.1. The number of thiophene rings is 1. The topological polar surface area (TPSA) is 32.3 Å². The molecule has 1 heterocycles. The Bertz CT molecular complexity index is 578. The summed E-state index contributed by atoms with van der Waals surface area (Å²) in [4.78, 5) is 1.53. The molecule has 0 bridgehead atoms. The van der Waals surface area contributed by atoms with Crippen LogP contribution in [0, 0.1) is 0 Å². The molecule has 1 aliphatic rings. The molecule has 106 valence electrons. The van der Waals surface area contributed by atoms with Gasteiger partial charge in [0.2, 0.25) is 0 Å². The van der Waals surface area contributed by atoms with Gasteiger partial charge in [0.05, 0.1) is 0 Å². The zero-order valence-corrected chi connectivity index (χ0v) is 12.6. The fourth-order valence-corrected chi connectivity index (χ4v) is 4.10. The second kappa shape index (κ2) is 5.98. The summed E-state index contributed by atoms with van der Waals surface area (Å²) in [6.07, 6.45) is 4.64. The van der Waals surface area contributed by atoms with Crippen molar-refractivity contribution >= 4 is 11.3 Å². The van der Waals surface area contributed by atoms with E-state index in [0.29, 0.717) is 11.8 Å². The number of aryl methyl sites for hydroxylation is 1. The Kier molecular flexibility index (Phi) is 4.08. The summed E-state index contributed by atoms with van der Waals surface area (Å²) in [5, 5.41) is 16.0. The van der Waals surface area contributed by atoms with Gasteiger partial charge < -0.3 is 10.4 Å². The van der Waals surface area contributed by atoms with E-state index in [1.807, 2.05) is 29.5 Å². The first kappa shape index (κ1) is 13.7. The van der Waals surface area contributed by atoms with Crippen LogP contribution in [0.5, 0.6) is 5.75 Å². The Morgan fingerprint density at radius 2 is 2.20 bits per heavy atom. The van der Waals surface area contributed by atoms with Crippen molar-refractivity contribution in [2.75, 3.05) is 0 Å². The minimum Gasteiger partial charge on any atom is -0.508 e. The molecule has 3 heteroatoms. The predicted molar refractivity (Wildman–Crippen MR) is 84.3 cm³/mol. The lowest BCUT2D eigenvalue weighted by atomic mass is 9.92. The maximum Gasteiger partial charge on any atom is 0.120 e. The quantitative estimate of drug-likeness (QED) is 0.863. The second-order valence-corrected chi connectivity index (χ2v) is 6.43. The van der Waals surface area contributed by atoms with E-state index < -0.39 is 0 Å². The zero-order valence-electron chi connectivity index (χ0n) is 11.8. The molecule has 20 heavy (non-hydrogen) atoms. The van der Waals surface area contributed by atoms with Crippen LogP contribution in [0.25, 0.3) is 0 Å². The summed E-state index contributed by atoms with van der Waals surface area (Å²) < 4.78 is 0. The van der Waals surface area contributed by atoms with Crippen LogP contribution >= 0.6 is 11.3 Å². The van der Waals surface area contributed by atoms with Crippen molar-refractivity contribution in [2.24, 2.45) is 0 Å². The number of para-hydroxylation sites is 1. The van der Waals surface area contributed by atoms with Crippen LogP contribution < -0.4 is 5.32 Å². The van der Waals surface area contributed by atoms with Gasteiger partial charge in [0.1, 0.15) is 5.75 Å². The smallest absolute Gasteiger partial charge is 0.120 e. The van der Waals surface area contributed by atoms with Gasteiger partial charge in [-0.3, -0.25) is 0 Å². The van der Waals surface area contributed by atoms with E-state index in [1.54, 1.807) is 6.07 Å². The molecule has 1 aromatic heterocycles. The van der Waals surface area contributed by atoms with Crippen molar-refractivity contribution in [3.63, 3.8) is 0 Å². The number of fused-ring (bicyclic) bond motifs is 1. The third-order valence-electron chi connectivity index (χ3n) is 4.17. The molecule has 2 nitrogen and oxygen atoms in total. The number of phenols is 1. The van der Waals surface area contributed by atoms with E-state index >= 15 is 0 Å². The number of hydrogen-bond acceptors (Lipinski definition) is 3. The number of hydrogen-bond donors (Lipinski definition) is 2. The number of rotatable bonds is 4. The van der Waals surface area contributed by atoms with Crippen molar-refractivity contribution in [1.29, 1.82) is 0 Å². The molecule has 0 fully saturated rings. The Morgan fingerprint density at radius 3 is 3.00 bits per heavy atom. The molecule has 2 aromatic rings. The van der Waals surface area contributed by atoms with Gasteiger partial charge in [0, 0.05) is 22.5 Å². The average molecular weight is 287 g/mol. The van der Waals surface area contributed by atoms with Gasteiger partial charge in [-0.25, -0.2) is 0 Å². The minimum absolute atomic E-state index is 0.215. The van der Waals surface area contributed by atoms with Crippen molar-refractivity contribution in [3.8, 4) is 5.75 Å². The standard InChI is InChI=1S/C17H21NOS/c1-2-14(12-6-3-4-8-16(12)19)18-15-7-5-9-17-13(15)10-11-20-17/h3-4,6,8,10-11,14-15,18-19H,2,5,7,9H2,1H3. The monoisotopic (exact) mass is 287 g/mol. The van der Waals surface area contributed by atoms with E-state index in [9.17, 15) is 5.11 Å². The number of nitrogens with one attached hydrogen (secondary N) is 1. The Labute approximate surface area is 124 Å². The van der Waals surface area contributed by atoms with Gasteiger partial charge in [-0.15, -0.1) is 11.3 Å². The van der Waals surface area contributed by atoms with Crippen LogP contribution in [0.4, 0.5) is 0 Å². The molecule has 2 atom stereocenters. The average Bonchev–Trinajstić information content (AvgIpc) is 2.95. The van der Waals surface area contributed by atoms with E-state index in [-0.39, 0.29) is 6.04 Å². The maximum atomic E-state index is 10.1. The van der Waals surface area contributed by atoms with Crippen LogP contribution in [0.3, 0.4) is 0 Å². The molecule has 1 aliphatic carbocycles.